The van der Waals surface area contributed by atoms with Crippen LogP contribution in [0.3, 0.4) is 0 Å². The van der Waals surface area contributed by atoms with Crippen LogP contribution in [0.1, 0.15) is 0 Å². The van der Waals surface area contributed by atoms with Crippen molar-refractivity contribution in [1.82, 2.24) is 0 Å². The molecule has 2 aliphatic rings. The van der Waals surface area contributed by atoms with E-state index in [4.69, 9.17) is 14.6 Å². The summed E-state index contributed by atoms with van der Waals surface area (Å²) in [5.41, 5.74) is 0. The SMILES string of the molecule is OC[C@H]1O[C@@H](C2O[C@H](CF)[C@@H](O)[C@H](O)[C@H]2O)[C@H](O)[C@@H](O)[C@H]1F. The van der Waals surface area contributed by atoms with Crippen molar-refractivity contribution >= 4 is 0 Å². The average Bonchev–Trinajstić information content (AvgIpc) is 2.52. The minimum Gasteiger partial charge on any atom is -0.394 e. The quantitative estimate of drug-likeness (QED) is 0.315. The average molecular weight is 330 g/mol. The molecular weight excluding hydrogens is 310 g/mol. The normalized spacial score (nSPS) is 53.5. The van der Waals surface area contributed by atoms with Gasteiger partial charge < -0.3 is 40.1 Å². The first-order valence-corrected chi connectivity index (χ1v) is 6.85. The van der Waals surface area contributed by atoms with E-state index in [2.05, 4.69) is 0 Å². The summed E-state index contributed by atoms with van der Waals surface area (Å²) in [6, 6.07) is 0. The largest absolute Gasteiger partial charge is 0.394 e. The van der Waals surface area contributed by atoms with Crippen molar-refractivity contribution in [2.75, 3.05) is 13.3 Å². The molecule has 2 saturated heterocycles. The minimum absolute atomic E-state index is 0.804. The summed E-state index contributed by atoms with van der Waals surface area (Å²) < 4.78 is 36.6. The van der Waals surface area contributed by atoms with Crippen molar-refractivity contribution in [3.05, 3.63) is 0 Å². The fourth-order valence-electron chi connectivity index (χ4n) is 2.75. The van der Waals surface area contributed by atoms with Gasteiger partial charge in [0.25, 0.3) is 0 Å². The zero-order chi connectivity index (χ0) is 16.6. The Hall–Kier alpha value is -0.460. The van der Waals surface area contributed by atoms with Gasteiger partial charge in [0, 0.05) is 0 Å². The van der Waals surface area contributed by atoms with E-state index in [1.807, 2.05) is 0 Å². The van der Waals surface area contributed by atoms with Crippen molar-refractivity contribution < 1.29 is 48.9 Å². The first-order chi connectivity index (χ1) is 10.3. The smallest absolute Gasteiger partial charge is 0.157 e. The Kier molecular flexibility index (Phi) is 5.67. The van der Waals surface area contributed by atoms with E-state index >= 15 is 0 Å². The van der Waals surface area contributed by atoms with Crippen molar-refractivity contribution in [3.8, 4) is 0 Å². The number of hydrogen-bond donors (Lipinski definition) is 6. The summed E-state index contributed by atoms with van der Waals surface area (Å²) in [6.07, 6.45) is -17.0. The lowest BCUT2D eigenvalue weighted by molar-refractivity contribution is -0.294. The van der Waals surface area contributed by atoms with Crippen LogP contribution in [0.25, 0.3) is 0 Å². The molecule has 10 atom stereocenters. The van der Waals surface area contributed by atoms with Gasteiger partial charge in [-0.15, -0.1) is 0 Å². The Morgan fingerprint density at radius 1 is 0.727 bits per heavy atom. The molecule has 0 amide bonds. The topological polar surface area (TPSA) is 140 Å². The standard InChI is InChI=1S/C12H20F2O8/c13-1-3-6(16)8(18)10(20)12(21-3)11-9(19)7(17)5(14)4(2-15)22-11/h3-12,15-20H,1-2H2/t3-,4-,5+,6-,7+,8+,9-,10-,11-,12?/m1/s1. The van der Waals surface area contributed by atoms with E-state index in [0.717, 1.165) is 0 Å². The Morgan fingerprint density at radius 3 is 1.73 bits per heavy atom. The second kappa shape index (κ2) is 6.97. The van der Waals surface area contributed by atoms with Gasteiger partial charge in [-0.2, -0.15) is 0 Å². The molecule has 22 heavy (non-hydrogen) atoms. The summed E-state index contributed by atoms with van der Waals surface area (Å²) in [6.45, 7) is -1.98. The second-order valence-electron chi connectivity index (χ2n) is 5.51. The first-order valence-electron chi connectivity index (χ1n) is 6.85. The lowest BCUT2D eigenvalue weighted by atomic mass is 9.86. The van der Waals surface area contributed by atoms with Gasteiger partial charge in [-0.05, 0) is 0 Å². The molecule has 2 rings (SSSR count). The molecule has 6 N–H and O–H groups in total. The highest BCUT2D eigenvalue weighted by molar-refractivity contribution is 5.02. The molecule has 2 fully saturated rings. The van der Waals surface area contributed by atoms with Crippen LogP contribution in [-0.4, -0.2) is 105 Å². The monoisotopic (exact) mass is 330 g/mol. The van der Waals surface area contributed by atoms with E-state index in [1.54, 1.807) is 0 Å². The lowest BCUT2D eigenvalue weighted by Crippen LogP contribution is -2.68. The molecule has 0 aromatic rings. The molecule has 0 spiro atoms. The molecule has 2 heterocycles. The Balaban J connectivity index is 2.21. The van der Waals surface area contributed by atoms with Gasteiger partial charge in [-0.1, -0.05) is 0 Å². The van der Waals surface area contributed by atoms with Gasteiger partial charge in [0.15, 0.2) is 6.17 Å². The molecule has 0 bridgehead atoms. The summed E-state index contributed by atoms with van der Waals surface area (Å²) in [4.78, 5) is 0. The Labute approximate surface area is 124 Å². The molecule has 0 aliphatic carbocycles. The van der Waals surface area contributed by atoms with E-state index in [9.17, 15) is 34.3 Å². The molecule has 0 aromatic heterocycles. The highest BCUT2D eigenvalue weighted by Crippen LogP contribution is 2.32. The maximum atomic E-state index is 13.7. The van der Waals surface area contributed by atoms with Crippen LogP contribution in [0.5, 0.6) is 0 Å². The molecule has 8 nitrogen and oxygen atoms in total. The van der Waals surface area contributed by atoms with Gasteiger partial charge in [0.1, 0.15) is 61.6 Å². The van der Waals surface area contributed by atoms with Gasteiger partial charge >= 0.3 is 0 Å². The zero-order valence-electron chi connectivity index (χ0n) is 11.4. The molecule has 0 radical (unpaired) electrons. The number of ether oxygens (including phenoxy) is 2. The third-order valence-corrected chi connectivity index (χ3v) is 4.10. The summed E-state index contributed by atoms with van der Waals surface area (Å²) >= 11 is 0. The minimum atomic E-state index is -2.07. The fraction of sp³-hybridized carbons (Fsp3) is 1.00. The Bertz CT molecular complexity index is 337. The zero-order valence-corrected chi connectivity index (χ0v) is 11.4. The van der Waals surface area contributed by atoms with E-state index in [-0.39, 0.29) is 0 Å². The molecule has 130 valence electrons. The van der Waals surface area contributed by atoms with Crippen LogP contribution in [0.15, 0.2) is 0 Å². The summed E-state index contributed by atoms with van der Waals surface area (Å²) in [5, 5.41) is 57.7. The van der Waals surface area contributed by atoms with Gasteiger partial charge in [-0.3, -0.25) is 0 Å². The van der Waals surface area contributed by atoms with Crippen LogP contribution < -0.4 is 0 Å². The third-order valence-electron chi connectivity index (χ3n) is 4.10. The van der Waals surface area contributed by atoms with Gasteiger partial charge in [0.05, 0.1) is 6.61 Å². The number of alkyl halides is 2. The van der Waals surface area contributed by atoms with Crippen molar-refractivity contribution in [2.24, 2.45) is 0 Å². The highest BCUT2D eigenvalue weighted by atomic mass is 19.1. The van der Waals surface area contributed by atoms with Crippen molar-refractivity contribution in [3.63, 3.8) is 0 Å². The maximum absolute atomic E-state index is 13.7. The van der Waals surface area contributed by atoms with E-state index in [1.165, 1.54) is 0 Å². The predicted octanol–water partition coefficient (Wildman–Crippen LogP) is -3.37. The maximum Gasteiger partial charge on any atom is 0.157 e. The first kappa shape index (κ1) is 17.9. The van der Waals surface area contributed by atoms with Crippen LogP contribution in [-0.2, 0) is 9.47 Å². The van der Waals surface area contributed by atoms with Crippen molar-refractivity contribution in [1.29, 1.82) is 0 Å². The molecule has 10 heteroatoms. The molecule has 0 saturated carbocycles. The number of rotatable bonds is 3. The van der Waals surface area contributed by atoms with E-state index in [0.29, 0.717) is 0 Å². The fourth-order valence-corrected chi connectivity index (χ4v) is 2.75. The third kappa shape index (κ3) is 2.97. The second-order valence-corrected chi connectivity index (χ2v) is 5.51. The number of aliphatic hydroxyl groups excluding tert-OH is 6. The Morgan fingerprint density at radius 2 is 1.23 bits per heavy atom. The van der Waals surface area contributed by atoms with Crippen LogP contribution >= 0.6 is 0 Å². The lowest BCUT2D eigenvalue weighted by Gasteiger charge is -2.47. The number of hydrogen-bond acceptors (Lipinski definition) is 8. The molecular formula is C12H20F2O8. The van der Waals surface area contributed by atoms with Crippen LogP contribution in [0.4, 0.5) is 8.78 Å². The molecule has 2 aliphatic heterocycles. The van der Waals surface area contributed by atoms with Crippen LogP contribution in [0.2, 0.25) is 0 Å². The summed E-state index contributed by atoms with van der Waals surface area (Å²) in [5.74, 6) is 0. The predicted molar refractivity (Wildman–Crippen MR) is 65.3 cm³/mol. The van der Waals surface area contributed by atoms with E-state index < -0.39 is 74.4 Å². The summed E-state index contributed by atoms with van der Waals surface area (Å²) in [7, 11) is 0. The number of halogens is 2. The highest BCUT2D eigenvalue weighted by Gasteiger charge is 2.54. The van der Waals surface area contributed by atoms with Gasteiger partial charge in [-0.25, -0.2) is 8.78 Å². The molecule has 1 unspecified atom stereocenters. The van der Waals surface area contributed by atoms with Crippen LogP contribution in [0, 0.1) is 0 Å². The number of aliphatic hydroxyl groups is 6. The molecule has 0 aromatic carbocycles. The van der Waals surface area contributed by atoms with Crippen molar-refractivity contribution in [2.45, 2.75) is 61.1 Å². The van der Waals surface area contributed by atoms with Gasteiger partial charge in [0.2, 0.25) is 0 Å².